The van der Waals surface area contributed by atoms with Gasteiger partial charge in [-0.3, -0.25) is 19.4 Å². The highest BCUT2D eigenvalue weighted by Gasteiger charge is 2.68. The first-order chi connectivity index (χ1) is 16.1. The van der Waals surface area contributed by atoms with Crippen molar-refractivity contribution in [1.29, 1.82) is 5.26 Å². The Kier molecular flexibility index (Phi) is 5.88. The second kappa shape index (κ2) is 8.37. The average molecular weight is 468 g/mol. The number of hydrogen-bond acceptors (Lipinski definition) is 7. The molecule has 0 aromatic heterocycles. The van der Waals surface area contributed by atoms with Gasteiger partial charge in [-0.15, -0.1) is 0 Å². The first kappa shape index (κ1) is 23.9. The summed E-state index contributed by atoms with van der Waals surface area (Å²) >= 11 is 0. The third-order valence-electron chi connectivity index (χ3n) is 10.2. The molecule has 0 spiro atoms. The van der Waals surface area contributed by atoms with Gasteiger partial charge in [0.05, 0.1) is 25.3 Å². The number of aliphatic hydroxyl groups excluding tert-OH is 1. The number of aliphatic hydroxyl groups is 2. The SMILES string of the molecule is CC12C=CC(=O)C=C1CCC1C2[C@@H](O)CC2(C)C1CC[C@]2(O)C(=O)CN1CCN(CC#N)CC1. The third-order valence-corrected chi connectivity index (χ3v) is 10.2. The van der Waals surface area contributed by atoms with E-state index in [0.29, 0.717) is 19.4 Å². The van der Waals surface area contributed by atoms with E-state index < -0.39 is 17.1 Å². The average Bonchev–Trinajstić information content (AvgIpc) is 3.07. The molecule has 0 amide bonds. The molecule has 4 aliphatic carbocycles. The Morgan fingerprint density at radius 2 is 1.91 bits per heavy atom. The Balaban J connectivity index is 1.35. The van der Waals surface area contributed by atoms with Crippen LogP contribution in [-0.4, -0.2) is 82.6 Å². The number of carbonyl (C=O) groups is 2. The fraction of sp³-hybridized carbons (Fsp3) is 0.741. The van der Waals surface area contributed by atoms with Crippen LogP contribution in [0.15, 0.2) is 23.8 Å². The van der Waals surface area contributed by atoms with Crippen LogP contribution in [0.3, 0.4) is 0 Å². The molecule has 5 rings (SSSR count). The Morgan fingerprint density at radius 3 is 2.62 bits per heavy atom. The highest BCUT2D eigenvalue weighted by Crippen LogP contribution is 2.67. The Labute approximate surface area is 202 Å². The topological polar surface area (TPSA) is 105 Å². The molecule has 2 N–H and O–H groups in total. The van der Waals surface area contributed by atoms with Crippen molar-refractivity contribution in [3.8, 4) is 6.07 Å². The maximum Gasteiger partial charge on any atom is 0.178 e. The number of allylic oxidation sites excluding steroid dienone is 4. The normalized spacial score (nSPS) is 44.6. The van der Waals surface area contributed by atoms with E-state index >= 15 is 0 Å². The van der Waals surface area contributed by atoms with Gasteiger partial charge < -0.3 is 10.2 Å². The summed E-state index contributed by atoms with van der Waals surface area (Å²) in [5.41, 5.74) is -1.31. The number of fused-ring (bicyclic) bond motifs is 5. The molecule has 184 valence electrons. The monoisotopic (exact) mass is 467 g/mol. The van der Waals surface area contributed by atoms with E-state index in [4.69, 9.17) is 5.26 Å². The summed E-state index contributed by atoms with van der Waals surface area (Å²) in [6.07, 6.45) is 8.10. The fourth-order valence-electron chi connectivity index (χ4n) is 8.33. The smallest absolute Gasteiger partial charge is 0.178 e. The summed E-state index contributed by atoms with van der Waals surface area (Å²) in [5, 5.41) is 32.3. The highest BCUT2D eigenvalue weighted by molar-refractivity contribution is 6.01. The van der Waals surface area contributed by atoms with Crippen LogP contribution in [0.1, 0.15) is 46.0 Å². The van der Waals surface area contributed by atoms with Crippen LogP contribution >= 0.6 is 0 Å². The summed E-state index contributed by atoms with van der Waals surface area (Å²) in [4.78, 5) is 29.8. The number of Topliss-reactive ketones (excluding diaryl/α,β-unsaturated/α-hetero) is 1. The van der Waals surface area contributed by atoms with Crippen molar-refractivity contribution in [3.05, 3.63) is 23.8 Å². The van der Waals surface area contributed by atoms with Crippen LogP contribution in [0.2, 0.25) is 0 Å². The summed E-state index contributed by atoms with van der Waals surface area (Å²) in [6, 6.07) is 2.18. The van der Waals surface area contributed by atoms with E-state index in [-0.39, 0.29) is 41.3 Å². The number of piperazine rings is 1. The third kappa shape index (κ3) is 3.45. The molecule has 0 radical (unpaired) electrons. The van der Waals surface area contributed by atoms with Crippen LogP contribution in [0.5, 0.6) is 0 Å². The largest absolute Gasteiger partial charge is 0.393 e. The molecule has 34 heavy (non-hydrogen) atoms. The van der Waals surface area contributed by atoms with Gasteiger partial charge in [-0.1, -0.05) is 25.5 Å². The highest BCUT2D eigenvalue weighted by atomic mass is 16.3. The Morgan fingerprint density at radius 1 is 1.21 bits per heavy atom. The molecular formula is C27H37N3O4. The summed E-state index contributed by atoms with van der Waals surface area (Å²) < 4.78 is 0. The lowest BCUT2D eigenvalue weighted by molar-refractivity contribution is -0.177. The van der Waals surface area contributed by atoms with Crippen LogP contribution in [0.25, 0.3) is 0 Å². The minimum atomic E-state index is -1.43. The number of hydrogen-bond donors (Lipinski definition) is 2. The maximum atomic E-state index is 13.6. The van der Waals surface area contributed by atoms with Crippen molar-refractivity contribution in [2.75, 3.05) is 39.3 Å². The van der Waals surface area contributed by atoms with Gasteiger partial charge in [-0.25, -0.2) is 0 Å². The number of rotatable bonds is 4. The van der Waals surface area contributed by atoms with Crippen molar-refractivity contribution >= 4 is 11.6 Å². The molecule has 7 heteroatoms. The van der Waals surface area contributed by atoms with E-state index in [0.717, 1.165) is 51.0 Å². The van der Waals surface area contributed by atoms with Crippen molar-refractivity contribution in [2.45, 2.75) is 57.7 Å². The van der Waals surface area contributed by atoms with Gasteiger partial charge in [0.2, 0.25) is 0 Å². The van der Waals surface area contributed by atoms with Gasteiger partial charge in [0.25, 0.3) is 0 Å². The zero-order valence-corrected chi connectivity index (χ0v) is 20.4. The molecule has 7 nitrogen and oxygen atoms in total. The fourth-order valence-corrected chi connectivity index (χ4v) is 8.33. The van der Waals surface area contributed by atoms with E-state index in [9.17, 15) is 19.8 Å². The molecule has 4 fully saturated rings. The number of ketones is 2. The van der Waals surface area contributed by atoms with Gasteiger partial charge in [0.15, 0.2) is 11.6 Å². The number of nitriles is 1. The number of carbonyl (C=O) groups excluding carboxylic acids is 2. The minimum absolute atomic E-state index is 0.000545. The van der Waals surface area contributed by atoms with E-state index in [2.05, 4.69) is 22.8 Å². The van der Waals surface area contributed by atoms with E-state index in [1.165, 1.54) is 0 Å². The molecule has 5 unspecified atom stereocenters. The molecule has 7 atom stereocenters. The lowest BCUT2D eigenvalue weighted by Gasteiger charge is -2.59. The van der Waals surface area contributed by atoms with Crippen LogP contribution < -0.4 is 0 Å². The quantitative estimate of drug-likeness (QED) is 0.607. The van der Waals surface area contributed by atoms with Crippen molar-refractivity contribution in [3.63, 3.8) is 0 Å². The molecule has 1 heterocycles. The molecule has 1 aliphatic heterocycles. The molecular weight excluding hydrogens is 430 g/mol. The molecule has 0 aromatic carbocycles. The van der Waals surface area contributed by atoms with Gasteiger partial charge in [0, 0.05) is 42.9 Å². The van der Waals surface area contributed by atoms with Crippen LogP contribution in [-0.2, 0) is 9.59 Å². The first-order valence-corrected chi connectivity index (χ1v) is 12.8. The maximum absolute atomic E-state index is 13.6. The number of nitrogens with zero attached hydrogens (tertiary/aromatic N) is 3. The molecule has 1 saturated heterocycles. The molecule has 0 aromatic rings. The summed E-state index contributed by atoms with van der Waals surface area (Å²) in [7, 11) is 0. The van der Waals surface area contributed by atoms with Crippen molar-refractivity contribution in [1.82, 2.24) is 9.80 Å². The summed E-state index contributed by atoms with van der Waals surface area (Å²) in [5.74, 6) is 0.287. The minimum Gasteiger partial charge on any atom is -0.393 e. The van der Waals surface area contributed by atoms with Gasteiger partial charge in [-0.05, 0) is 56.1 Å². The van der Waals surface area contributed by atoms with Gasteiger partial charge in [0.1, 0.15) is 5.60 Å². The zero-order valence-electron chi connectivity index (χ0n) is 20.4. The lowest BCUT2D eigenvalue weighted by atomic mass is 9.46. The lowest BCUT2D eigenvalue weighted by Crippen LogP contribution is -2.62. The van der Waals surface area contributed by atoms with E-state index in [1.807, 2.05) is 13.0 Å². The predicted molar refractivity (Wildman–Crippen MR) is 126 cm³/mol. The summed E-state index contributed by atoms with van der Waals surface area (Å²) in [6.45, 7) is 7.75. The van der Waals surface area contributed by atoms with Crippen molar-refractivity contribution in [2.24, 2.45) is 28.6 Å². The first-order valence-electron chi connectivity index (χ1n) is 12.8. The van der Waals surface area contributed by atoms with E-state index in [1.54, 1.807) is 12.2 Å². The zero-order chi connectivity index (χ0) is 24.3. The van der Waals surface area contributed by atoms with Gasteiger partial charge >= 0.3 is 0 Å². The second-order valence-electron chi connectivity index (χ2n) is 11.7. The molecule has 5 aliphatic rings. The second-order valence-corrected chi connectivity index (χ2v) is 11.7. The molecule has 3 saturated carbocycles. The Hall–Kier alpha value is -1.85. The molecule has 0 bridgehead atoms. The Bertz CT molecular complexity index is 977. The standard InChI is InChI=1S/C27H37N3O4/c1-25-7-5-19(31)15-18(25)3-4-20-21-6-8-27(34,26(21,2)16-22(32)24(20)25)23(33)17-30-13-11-29(10-9-28)12-14-30/h5,7,15,20-22,24,32,34H,3-4,6,8,10-14,16-17H2,1-2H3/t20?,21?,22-,24?,25?,26?,27-/m0/s1. The van der Waals surface area contributed by atoms with Gasteiger partial charge in [-0.2, -0.15) is 5.26 Å². The predicted octanol–water partition coefficient (Wildman–Crippen LogP) is 1.71. The van der Waals surface area contributed by atoms with Crippen LogP contribution in [0, 0.1) is 39.9 Å². The van der Waals surface area contributed by atoms with Crippen LogP contribution in [0.4, 0.5) is 0 Å². The van der Waals surface area contributed by atoms with Crippen molar-refractivity contribution < 1.29 is 19.8 Å².